The molecule has 0 aliphatic rings. The van der Waals surface area contributed by atoms with Crippen LogP contribution in [-0.4, -0.2) is 19.6 Å². The Balaban J connectivity index is 0.00000242. The van der Waals surface area contributed by atoms with Crippen LogP contribution in [-0.2, 0) is 6.54 Å². The Morgan fingerprint density at radius 1 is 1.32 bits per heavy atom. The van der Waals surface area contributed by atoms with E-state index >= 15 is 0 Å². The van der Waals surface area contributed by atoms with E-state index < -0.39 is 0 Å². The highest BCUT2D eigenvalue weighted by molar-refractivity contribution is 14.0. The largest absolute Gasteiger partial charge is 0.356 e. The number of aliphatic imine (C=N–C) groups is 1. The SMILES string of the molecule is CN=C(NCc1cccc(Cl)c1)NCC(C)c1ccsc1.I. The molecule has 0 aliphatic carbocycles. The molecule has 0 spiro atoms. The standard InChI is InChI=1S/C16H20ClN3S.HI/c1-12(14-6-7-21-11-14)9-19-16(18-2)20-10-13-4-3-5-15(17)8-13;/h3-8,11-12H,9-10H2,1-2H3,(H2,18,19,20);1H. The van der Waals surface area contributed by atoms with E-state index in [9.17, 15) is 0 Å². The third-order valence-electron chi connectivity index (χ3n) is 3.26. The Labute approximate surface area is 158 Å². The predicted octanol–water partition coefficient (Wildman–Crippen LogP) is 4.49. The summed E-state index contributed by atoms with van der Waals surface area (Å²) in [5, 5.41) is 11.7. The third-order valence-corrected chi connectivity index (χ3v) is 4.20. The summed E-state index contributed by atoms with van der Waals surface area (Å²) < 4.78 is 0. The monoisotopic (exact) mass is 449 g/mol. The van der Waals surface area contributed by atoms with E-state index in [0.717, 1.165) is 23.1 Å². The van der Waals surface area contributed by atoms with Crippen molar-refractivity contribution in [1.29, 1.82) is 0 Å². The molecule has 1 atom stereocenters. The fraction of sp³-hybridized carbons (Fsp3) is 0.312. The predicted molar refractivity (Wildman–Crippen MR) is 108 cm³/mol. The number of benzene rings is 1. The normalized spacial score (nSPS) is 12.4. The second-order valence-corrected chi connectivity index (χ2v) is 6.11. The van der Waals surface area contributed by atoms with Gasteiger partial charge in [0.15, 0.2) is 5.96 Å². The zero-order chi connectivity index (χ0) is 15.1. The van der Waals surface area contributed by atoms with Crippen molar-refractivity contribution in [1.82, 2.24) is 10.6 Å². The lowest BCUT2D eigenvalue weighted by Crippen LogP contribution is -2.38. The van der Waals surface area contributed by atoms with Gasteiger partial charge in [0.2, 0.25) is 0 Å². The Morgan fingerprint density at radius 3 is 2.77 bits per heavy atom. The Morgan fingerprint density at radius 2 is 2.14 bits per heavy atom. The van der Waals surface area contributed by atoms with E-state index in [0.29, 0.717) is 12.5 Å². The first-order chi connectivity index (χ1) is 10.2. The summed E-state index contributed by atoms with van der Waals surface area (Å²) in [6.07, 6.45) is 0. The number of rotatable bonds is 5. The molecule has 0 saturated carbocycles. The van der Waals surface area contributed by atoms with Gasteiger partial charge in [-0.15, -0.1) is 24.0 Å². The van der Waals surface area contributed by atoms with Gasteiger partial charge in [0.05, 0.1) is 0 Å². The average Bonchev–Trinajstić information content (AvgIpc) is 3.01. The van der Waals surface area contributed by atoms with Crippen LogP contribution >= 0.6 is 46.9 Å². The van der Waals surface area contributed by atoms with Crippen LogP contribution in [0.3, 0.4) is 0 Å². The lowest BCUT2D eigenvalue weighted by atomic mass is 10.1. The summed E-state index contributed by atoms with van der Waals surface area (Å²) >= 11 is 7.71. The lowest BCUT2D eigenvalue weighted by molar-refractivity contribution is 0.701. The summed E-state index contributed by atoms with van der Waals surface area (Å²) in [5.41, 5.74) is 2.49. The highest BCUT2D eigenvalue weighted by atomic mass is 127. The number of halogens is 2. The molecule has 2 rings (SSSR count). The maximum Gasteiger partial charge on any atom is 0.191 e. The quantitative estimate of drug-likeness (QED) is 0.401. The topological polar surface area (TPSA) is 36.4 Å². The Bertz CT molecular complexity index is 587. The van der Waals surface area contributed by atoms with E-state index in [4.69, 9.17) is 11.6 Å². The molecule has 2 N–H and O–H groups in total. The molecule has 0 bridgehead atoms. The van der Waals surface area contributed by atoms with Gasteiger partial charge in [0, 0.05) is 25.2 Å². The molecule has 1 heterocycles. The van der Waals surface area contributed by atoms with Crippen molar-refractivity contribution in [3.63, 3.8) is 0 Å². The van der Waals surface area contributed by atoms with Crippen molar-refractivity contribution < 1.29 is 0 Å². The molecule has 22 heavy (non-hydrogen) atoms. The maximum absolute atomic E-state index is 5.98. The van der Waals surface area contributed by atoms with Crippen molar-refractivity contribution in [2.24, 2.45) is 4.99 Å². The molecule has 1 aromatic carbocycles. The molecule has 0 radical (unpaired) electrons. The minimum Gasteiger partial charge on any atom is -0.356 e. The fourth-order valence-electron chi connectivity index (χ4n) is 1.98. The molecule has 0 amide bonds. The Hall–Kier alpha value is -0.790. The molecule has 1 unspecified atom stereocenters. The highest BCUT2D eigenvalue weighted by Gasteiger charge is 2.07. The number of guanidine groups is 1. The van der Waals surface area contributed by atoms with Gasteiger partial charge in [-0.05, 0) is 46.0 Å². The van der Waals surface area contributed by atoms with Crippen molar-refractivity contribution in [3.8, 4) is 0 Å². The molecule has 120 valence electrons. The maximum atomic E-state index is 5.98. The number of hydrogen-bond donors (Lipinski definition) is 2. The fourth-order valence-corrected chi connectivity index (χ4v) is 2.97. The van der Waals surface area contributed by atoms with Gasteiger partial charge in [-0.3, -0.25) is 4.99 Å². The van der Waals surface area contributed by atoms with Gasteiger partial charge in [0.1, 0.15) is 0 Å². The number of nitrogens with one attached hydrogen (secondary N) is 2. The van der Waals surface area contributed by atoms with E-state index in [1.807, 2.05) is 24.3 Å². The molecule has 0 aliphatic heterocycles. The lowest BCUT2D eigenvalue weighted by Gasteiger charge is -2.15. The zero-order valence-electron chi connectivity index (χ0n) is 12.7. The van der Waals surface area contributed by atoms with Gasteiger partial charge < -0.3 is 10.6 Å². The van der Waals surface area contributed by atoms with Crippen molar-refractivity contribution >= 4 is 52.9 Å². The van der Waals surface area contributed by atoms with Crippen molar-refractivity contribution in [2.45, 2.75) is 19.4 Å². The van der Waals surface area contributed by atoms with Crippen LogP contribution in [0.25, 0.3) is 0 Å². The zero-order valence-corrected chi connectivity index (χ0v) is 16.6. The first-order valence-corrected chi connectivity index (χ1v) is 8.22. The van der Waals surface area contributed by atoms with Crippen LogP contribution in [0, 0.1) is 0 Å². The Kier molecular flexibility index (Phi) is 8.82. The minimum atomic E-state index is 0. The van der Waals surface area contributed by atoms with E-state index in [2.05, 4.69) is 39.4 Å². The highest BCUT2D eigenvalue weighted by Crippen LogP contribution is 2.17. The van der Waals surface area contributed by atoms with E-state index in [1.54, 1.807) is 18.4 Å². The molecule has 6 heteroatoms. The van der Waals surface area contributed by atoms with Gasteiger partial charge in [-0.1, -0.05) is 30.7 Å². The first-order valence-electron chi connectivity index (χ1n) is 6.90. The molecular weight excluding hydrogens is 429 g/mol. The smallest absolute Gasteiger partial charge is 0.191 e. The van der Waals surface area contributed by atoms with Crippen LogP contribution in [0.5, 0.6) is 0 Å². The van der Waals surface area contributed by atoms with Gasteiger partial charge in [-0.2, -0.15) is 11.3 Å². The second kappa shape index (κ2) is 10.1. The van der Waals surface area contributed by atoms with E-state index in [-0.39, 0.29) is 24.0 Å². The summed E-state index contributed by atoms with van der Waals surface area (Å²) in [7, 11) is 1.78. The summed E-state index contributed by atoms with van der Waals surface area (Å²) in [5.74, 6) is 1.26. The summed E-state index contributed by atoms with van der Waals surface area (Å²) in [6, 6.07) is 9.99. The molecule has 1 aromatic heterocycles. The van der Waals surface area contributed by atoms with Crippen LogP contribution in [0.4, 0.5) is 0 Å². The van der Waals surface area contributed by atoms with Gasteiger partial charge >= 0.3 is 0 Å². The molecule has 2 aromatic rings. The van der Waals surface area contributed by atoms with Crippen molar-refractivity contribution in [2.75, 3.05) is 13.6 Å². The second-order valence-electron chi connectivity index (χ2n) is 4.89. The molecule has 3 nitrogen and oxygen atoms in total. The number of nitrogens with zero attached hydrogens (tertiary/aromatic N) is 1. The van der Waals surface area contributed by atoms with E-state index in [1.165, 1.54) is 5.56 Å². The van der Waals surface area contributed by atoms with Crippen molar-refractivity contribution in [3.05, 3.63) is 57.2 Å². The number of thiophene rings is 1. The molecule has 0 saturated heterocycles. The van der Waals surface area contributed by atoms with Gasteiger partial charge in [-0.25, -0.2) is 0 Å². The van der Waals surface area contributed by atoms with Crippen LogP contribution < -0.4 is 10.6 Å². The molecular formula is C16H21ClIN3S. The summed E-state index contributed by atoms with van der Waals surface area (Å²) in [4.78, 5) is 4.24. The first kappa shape index (κ1) is 19.3. The van der Waals surface area contributed by atoms with Crippen LogP contribution in [0.1, 0.15) is 24.0 Å². The summed E-state index contributed by atoms with van der Waals surface area (Å²) in [6.45, 7) is 3.76. The average molecular weight is 450 g/mol. The van der Waals surface area contributed by atoms with Gasteiger partial charge in [0.25, 0.3) is 0 Å². The third kappa shape index (κ3) is 6.14. The molecule has 0 fully saturated rings. The number of hydrogen-bond acceptors (Lipinski definition) is 2. The van der Waals surface area contributed by atoms with Crippen LogP contribution in [0.2, 0.25) is 5.02 Å². The van der Waals surface area contributed by atoms with Crippen LogP contribution in [0.15, 0.2) is 46.1 Å². The minimum absolute atomic E-state index is 0.